The molecule has 37 heavy (non-hydrogen) atoms. The highest BCUT2D eigenvalue weighted by Gasteiger charge is 2.26. The summed E-state index contributed by atoms with van der Waals surface area (Å²) in [5.41, 5.74) is 1.44. The molecule has 2 rings (SSSR count). The van der Waals surface area contributed by atoms with E-state index in [-0.39, 0.29) is 0 Å². The Hall–Kier alpha value is -1.44. The Kier molecular flexibility index (Phi) is 19.4. The highest BCUT2D eigenvalue weighted by molar-refractivity contribution is 5.21. The standard InChI is InChI=1S/C35H62N2/c1-3-5-7-9-11-13-14-15-16-17-18-20-22-27-31-37-33-32-36(35(37)34-28-24-23-25-29-34)30-26-21-19-12-10-8-6-4-2/h23-25,28-29,32-33,35H,3-22,26-27,30-31H2,1-2H3. The smallest absolute Gasteiger partial charge is 0.127 e. The molecule has 0 fully saturated rings. The van der Waals surface area contributed by atoms with Gasteiger partial charge < -0.3 is 9.80 Å². The zero-order valence-electron chi connectivity index (χ0n) is 25.0. The lowest BCUT2D eigenvalue weighted by Gasteiger charge is -2.33. The largest absolute Gasteiger partial charge is 0.352 e. The van der Waals surface area contributed by atoms with Crippen LogP contribution in [0.3, 0.4) is 0 Å². The third kappa shape index (κ3) is 14.9. The molecule has 1 aromatic rings. The Labute approximate surface area is 232 Å². The Balaban J connectivity index is 1.56. The number of hydrogen-bond donors (Lipinski definition) is 0. The van der Waals surface area contributed by atoms with Crippen molar-refractivity contribution in [3.63, 3.8) is 0 Å². The van der Waals surface area contributed by atoms with E-state index < -0.39 is 0 Å². The van der Waals surface area contributed by atoms with Gasteiger partial charge in [0.25, 0.3) is 0 Å². The summed E-state index contributed by atoms with van der Waals surface area (Å²) in [6.45, 7) is 6.97. The molecule has 1 aliphatic heterocycles. The van der Waals surface area contributed by atoms with E-state index in [1.165, 1.54) is 160 Å². The molecule has 1 aromatic carbocycles. The highest BCUT2D eigenvalue weighted by atomic mass is 15.4. The summed E-state index contributed by atoms with van der Waals surface area (Å²) in [6, 6.07) is 11.2. The summed E-state index contributed by atoms with van der Waals surface area (Å²) in [5, 5.41) is 0. The molecule has 0 aromatic heterocycles. The van der Waals surface area contributed by atoms with E-state index in [1.807, 2.05) is 0 Å². The maximum atomic E-state index is 2.60. The monoisotopic (exact) mass is 510 g/mol. The molecule has 0 saturated carbocycles. The van der Waals surface area contributed by atoms with Gasteiger partial charge in [-0.1, -0.05) is 173 Å². The molecule has 0 spiro atoms. The number of nitrogens with zero attached hydrogens (tertiary/aromatic N) is 2. The predicted octanol–water partition coefficient (Wildman–Crippen LogP) is 11.4. The summed E-state index contributed by atoms with van der Waals surface area (Å²) in [6.07, 6.45) is 36.2. The lowest BCUT2D eigenvalue weighted by molar-refractivity contribution is 0.149. The van der Waals surface area contributed by atoms with Crippen LogP contribution in [0.1, 0.15) is 167 Å². The minimum atomic E-state index is 0.396. The van der Waals surface area contributed by atoms with Gasteiger partial charge in [-0.05, 0) is 18.4 Å². The second kappa shape index (κ2) is 22.5. The molecule has 0 N–H and O–H groups in total. The minimum Gasteiger partial charge on any atom is -0.352 e. The van der Waals surface area contributed by atoms with Gasteiger partial charge in [-0.15, -0.1) is 0 Å². The molecule has 0 aliphatic carbocycles. The maximum absolute atomic E-state index is 2.60. The summed E-state index contributed by atoms with van der Waals surface area (Å²) in [4.78, 5) is 5.19. The molecule has 1 heterocycles. The number of benzene rings is 1. The fourth-order valence-corrected chi connectivity index (χ4v) is 5.84. The summed E-state index contributed by atoms with van der Waals surface area (Å²) in [5.74, 6) is 0. The molecular weight excluding hydrogens is 448 g/mol. The van der Waals surface area contributed by atoms with E-state index in [1.54, 1.807) is 0 Å². The number of hydrogen-bond acceptors (Lipinski definition) is 2. The average molecular weight is 511 g/mol. The molecular formula is C35H62N2. The van der Waals surface area contributed by atoms with Crippen molar-refractivity contribution in [2.75, 3.05) is 13.1 Å². The normalized spacial score (nSPS) is 15.2. The van der Waals surface area contributed by atoms with Crippen molar-refractivity contribution in [1.29, 1.82) is 0 Å². The fraction of sp³-hybridized carbons (Fsp3) is 0.771. The first-order valence-corrected chi connectivity index (χ1v) is 16.6. The topological polar surface area (TPSA) is 6.48 Å². The van der Waals surface area contributed by atoms with Crippen LogP contribution in [0.5, 0.6) is 0 Å². The second-order valence-corrected chi connectivity index (χ2v) is 11.6. The second-order valence-electron chi connectivity index (χ2n) is 11.6. The highest BCUT2D eigenvalue weighted by Crippen LogP contribution is 2.31. The van der Waals surface area contributed by atoms with Gasteiger partial charge >= 0.3 is 0 Å². The third-order valence-electron chi connectivity index (χ3n) is 8.22. The Bertz CT molecular complexity index is 640. The van der Waals surface area contributed by atoms with Crippen LogP contribution in [-0.2, 0) is 0 Å². The van der Waals surface area contributed by atoms with Crippen LogP contribution >= 0.6 is 0 Å². The van der Waals surface area contributed by atoms with Gasteiger partial charge in [0.15, 0.2) is 0 Å². The van der Waals surface area contributed by atoms with E-state index >= 15 is 0 Å². The molecule has 1 unspecified atom stereocenters. The quantitative estimate of drug-likeness (QED) is 0.121. The zero-order valence-corrected chi connectivity index (χ0v) is 25.0. The van der Waals surface area contributed by atoms with Crippen LogP contribution in [-0.4, -0.2) is 22.9 Å². The zero-order chi connectivity index (χ0) is 26.2. The van der Waals surface area contributed by atoms with Gasteiger partial charge in [-0.25, -0.2) is 0 Å². The molecule has 212 valence electrons. The molecule has 1 aliphatic rings. The van der Waals surface area contributed by atoms with Crippen LogP contribution in [0.4, 0.5) is 0 Å². The first-order valence-electron chi connectivity index (χ1n) is 16.6. The average Bonchev–Trinajstić information content (AvgIpc) is 3.33. The Morgan fingerprint density at radius 3 is 1.11 bits per heavy atom. The van der Waals surface area contributed by atoms with Gasteiger partial charge in [0, 0.05) is 25.5 Å². The van der Waals surface area contributed by atoms with Crippen molar-refractivity contribution in [2.24, 2.45) is 0 Å². The van der Waals surface area contributed by atoms with Crippen LogP contribution < -0.4 is 0 Å². The van der Waals surface area contributed by atoms with E-state index in [9.17, 15) is 0 Å². The first-order chi connectivity index (χ1) is 18.4. The van der Waals surface area contributed by atoms with Crippen molar-refractivity contribution in [1.82, 2.24) is 9.80 Å². The summed E-state index contributed by atoms with van der Waals surface area (Å²) in [7, 11) is 0. The molecule has 0 saturated heterocycles. The van der Waals surface area contributed by atoms with E-state index in [0.29, 0.717) is 6.17 Å². The van der Waals surface area contributed by atoms with Crippen LogP contribution in [0.15, 0.2) is 42.7 Å². The molecule has 2 heteroatoms. The van der Waals surface area contributed by atoms with Crippen molar-refractivity contribution < 1.29 is 0 Å². The Morgan fingerprint density at radius 1 is 0.432 bits per heavy atom. The van der Waals surface area contributed by atoms with Gasteiger partial charge in [0.1, 0.15) is 6.17 Å². The van der Waals surface area contributed by atoms with Crippen molar-refractivity contribution in [3.05, 3.63) is 48.3 Å². The fourth-order valence-electron chi connectivity index (χ4n) is 5.84. The van der Waals surface area contributed by atoms with Gasteiger partial charge in [0.05, 0.1) is 0 Å². The molecule has 0 bridgehead atoms. The summed E-state index contributed by atoms with van der Waals surface area (Å²) < 4.78 is 0. The van der Waals surface area contributed by atoms with E-state index in [0.717, 1.165) is 0 Å². The van der Waals surface area contributed by atoms with Crippen molar-refractivity contribution in [3.8, 4) is 0 Å². The van der Waals surface area contributed by atoms with Crippen LogP contribution in [0.25, 0.3) is 0 Å². The number of rotatable bonds is 25. The van der Waals surface area contributed by atoms with Gasteiger partial charge in [-0.3, -0.25) is 0 Å². The maximum Gasteiger partial charge on any atom is 0.127 e. The minimum absolute atomic E-state index is 0.396. The van der Waals surface area contributed by atoms with E-state index in [2.05, 4.69) is 66.4 Å². The number of unbranched alkanes of at least 4 members (excludes halogenated alkanes) is 20. The Morgan fingerprint density at radius 2 is 0.757 bits per heavy atom. The van der Waals surface area contributed by atoms with Crippen LogP contribution in [0, 0.1) is 0 Å². The predicted molar refractivity (Wildman–Crippen MR) is 165 cm³/mol. The molecule has 1 atom stereocenters. The molecule has 0 radical (unpaired) electrons. The molecule has 0 amide bonds. The lowest BCUT2D eigenvalue weighted by Crippen LogP contribution is -2.32. The first kappa shape index (κ1) is 31.8. The lowest BCUT2D eigenvalue weighted by atomic mass is 10.0. The SMILES string of the molecule is CCCCCCCCCCCCCCCCN1C=CN(CCCCCCCCCC)C1c1ccccc1. The molecule has 2 nitrogen and oxygen atoms in total. The van der Waals surface area contributed by atoms with Gasteiger partial charge in [-0.2, -0.15) is 0 Å². The van der Waals surface area contributed by atoms with Crippen LogP contribution in [0.2, 0.25) is 0 Å². The van der Waals surface area contributed by atoms with Gasteiger partial charge in [0.2, 0.25) is 0 Å². The summed E-state index contributed by atoms with van der Waals surface area (Å²) >= 11 is 0. The third-order valence-corrected chi connectivity index (χ3v) is 8.22. The van der Waals surface area contributed by atoms with Crippen molar-refractivity contribution >= 4 is 0 Å². The van der Waals surface area contributed by atoms with E-state index in [4.69, 9.17) is 0 Å². The van der Waals surface area contributed by atoms with Crippen molar-refractivity contribution in [2.45, 2.75) is 161 Å².